The number of hydrogen-bond acceptors (Lipinski definition) is 4. The van der Waals surface area contributed by atoms with Gasteiger partial charge in [0.05, 0.1) is 0 Å². The number of ketones is 2. The van der Waals surface area contributed by atoms with Crippen molar-refractivity contribution < 1.29 is 19.2 Å². The zero-order valence-corrected chi connectivity index (χ0v) is 13.9. The van der Waals surface area contributed by atoms with Crippen molar-refractivity contribution in [1.29, 1.82) is 0 Å². The Kier molecular flexibility index (Phi) is 6.71. The van der Waals surface area contributed by atoms with E-state index in [9.17, 15) is 19.2 Å². The highest BCUT2D eigenvalue weighted by atomic mass is 16.2. The molecule has 0 spiro atoms. The molecule has 0 saturated carbocycles. The van der Waals surface area contributed by atoms with E-state index < -0.39 is 0 Å². The summed E-state index contributed by atoms with van der Waals surface area (Å²) < 4.78 is 0. The van der Waals surface area contributed by atoms with Crippen LogP contribution in [0.3, 0.4) is 0 Å². The third-order valence-corrected chi connectivity index (χ3v) is 3.94. The summed E-state index contributed by atoms with van der Waals surface area (Å²) in [6.45, 7) is 7.73. The van der Waals surface area contributed by atoms with Crippen LogP contribution in [0.25, 0.3) is 0 Å². The minimum atomic E-state index is -0.0792. The maximum atomic E-state index is 12.2. The maximum Gasteiger partial charge on any atom is 0.223 e. The second-order valence-electron chi connectivity index (χ2n) is 6.20. The first-order chi connectivity index (χ1) is 10.2. The summed E-state index contributed by atoms with van der Waals surface area (Å²) in [5, 5.41) is 0. The van der Waals surface area contributed by atoms with Crippen LogP contribution in [0.4, 0.5) is 0 Å². The van der Waals surface area contributed by atoms with Gasteiger partial charge in [-0.15, -0.1) is 0 Å². The standard InChI is InChI=1S/C16H26N2O4/c1-11-9-17(15(21)7-5-13(3)19)10-12(2)18(11)16(22)8-6-14(4)20/h11-12H,5-10H2,1-4H3/t11-,12+. The molecular weight excluding hydrogens is 284 g/mol. The molecule has 2 atom stereocenters. The van der Waals surface area contributed by atoms with Crippen molar-refractivity contribution in [3.05, 3.63) is 0 Å². The van der Waals surface area contributed by atoms with Crippen molar-refractivity contribution in [3.8, 4) is 0 Å². The average molecular weight is 310 g/mol. The van der Waals surface area contributed by atoms with Gasteiger partial charge in [-0.2, -0.15) is 0 Å². The van der Waals surface area contributed by atoms with Crippen LogP contribution in [-0.4, -0.2) is 58.4 Å². The fourth-order valence-corrected chi connectivity index (χ4v) is 2.87. The SMILES string of the molecule is CC(=O)CCC(=O)N1C[C@@H](C)N(C(=O)CCC(C)=O)[C@@H](C)C1. The first-order valence-corrected chi connectivity index (χ1v) is 7.80. The Morgan fingerprint density at radius 1 is 0.773 bits per heavy atom. The number of hydrogen-bond donors (Lipinski definition) is 0. The third kappa shape index (κ3) is 5.24. The second kappa shape index (κ2) is 8.06. The minimum Gasteiger partial charge on any atom is -0.339 e. The molecule has 0 bridgehead atoms. The van der Waals surface area contributed by atoms with Gasteiger partial charge in [0, 0.05) is 50.9 Å². The highest BCUT2D eigenvalue weighted by molar-refractivity contribution is 5.85. The lowest BCUT2D eigenvalue weighted by molar-refractivity contribution is -0.146. The van der Waals surface area contributed by atoms with Crippen molar-refractivity contribution in [2.45, 2.75) is 65.5 Å². The zero-order valence-electron chi connectivity index (χ0n) is 13.9. The fourth-order valence-electron chi connectivity index (χ4n) is 2.87. The molecule has 0 aromatic carbocycles. The third-order valence-electron chi connectivity index (χ3n) is 3.94. The van der Waals surface area contributed by atoms with Gasteiger partial charge in [-0.05, 0) is 27.7 Å². The van der Waals surface area contributed by atoms with Crippen LogP contribution in [0.15, 0.2) is 0 Å². The number of nitrogens with zero attached hydrogens (tertiary/aromatic N) is 2. The summed E-state index contributed by atoms with van der Waals surface area (Å²) in [5.74, 6) is -0.0602. The van der Waals surface area contributed by atoms with E-state index in [1.54, 1.807) is 9.80 Å². The number of Topliss-reactive ketones (excluding diaryl/α,β-unsaturated/α-hetero) is 2. The Bertz CT molecular complexity index is 449. The van der Waals surface area contributed by atoms with Gasteiger partial charge >= 0.3 is 0 Å². The summed E-state index contributed by atoms with van der Waals surface area (Å²) in [4.78, 5) is 49.8. The Morgan fingerprint density at radius 2 is 1.18 bits per heavy atom. The molecular formula is C16H26N2O4. The lowest BCUT2D eigenvalue weighted by Gasteiger charge is -2.44. The van der Waals surface area contributed by atoms with Gasteiger partial charge in [-0.25, -0.2) is 0 Å². The summed E-state index contributed by atoms with van der Waals surface area (Å²) >= 11 is 0. The van der Waals surface area contributed by atoms with Crippen molar-refractivity contribution in [1.82, 2.24) is 9.80 Å². The van der Waals surface area contributed by atoms with E-state index in [2.05, 4.69) is 0 Å². The molecule has 0 N–H and O–H groups in total. The minimum absolute atomic E-state index is 0.00621. The first kappa shape index (κ1) is 18.3. The highest BCUT2D eigenvalue weighted by Crippen LogP contribution is 2.18. The largest absolute Gasteiger partial charge is 0.339 e. The van der Waals surface area contributed by atoms with E-state index in [1.165, 1.54) is 13.8 Å². The lowest BCUT2D eigenvalue weighted by atomic mass is 10.1. The number of rotatable bonds is 6. The summed E-state index contributed by atoms with van der Waals surface area (Å²) in [5.41, 5.74) is 0. The Labute approximate surface area is 131 Å². The summed E-state index contributed by atoms with van der Waals surface area (Å²) in [6, 6.07) is -0.158. The molecule has 0 aromatic heterocycles. The van der Waals surface area contributed by atoms with Gasteiger partial charge in [0.1, 0.15) is 11.6 Å². The van der Waals surface area contributed by atoms with E-state index in [1.807, 2.05) is 13.8 Å². The lowest BCUT2D eigenvalue weighted by Crippen LogP contribution is -2.59. The molecule has 6 nitrogen and oxygen atoms in total. The molecule has 1 saturated heterocycles. The molecule has 1 rings (SSSR count). The maximum absolute atomic E-state index is 12.2. The van der Waals surface area contributed by atoms with Gasteiger partial charge < -0.3 is 19.4 Å². The summed E-state index contributed by atoms with van der Waals surface area (Å²) in [7, 11) is 0. The Morgan fingerprint density at radius 3 is 1.59 bits per heavy atom. The van der Waals surface area contributed by atoms with Gasteiger partial charge in [0.2, 0.25) is 11.8 Å². The van der Waals surface area contributed by atoms with E-state index >= 15 is 0 Å². The van der Waals surface area contributed by atoms with Crippen LogP contribution >= 0.6 is 0 Å². The van der Waals surface area contributed by atoms with Crippen LogP contribution < -0.4 is 0 Å². The molecule has 6 heteroatoms. The molecule has 2 amide bonds. The van der Waals surface area contributed by atoms with Gasteiger partial charge in [0.15, 0.2) is 0 Å². The zero-order chi connectivity index (χ0) is 16.9. The van der Waals surface area contributed by atoms with E-state index in [0.29, 0.717) is 13.1 Å². The molecule has 1 aliphatic heterocycles. The van der Waals surface area contributed by atoms with Crippen molar-refractivity contribution in [3.63, 3.8) is 0 Å². The smallest absolute Gasteiger partial charge is 0.223 e. The van der Waals surface area contributed by atoms with Crippen molar-refractivity contribution >= 4 is 23.4 Å². The monoisotopic (exact) mass is 310 g/mol. The highest BCUT2D eigenvalue weighted by Gasteiger charge is 2.34. The molecule has 22 heavy (non-hydrogen) atoms. The second-order valence-corrected chi connectivity index (χ2v) is 6.20. The van der Waals surface area contributed by atoms with E-state index in [0.717, 1.165) is 0 Å². The predicted molar refractivity (Wildman–Crippen MR) is 82.2 cm³/mol. The average Bonchev–Trinajstić information content (AvgIpc) is 2.41. The van der Waals surface area contributed by atoms with Gasteiger partial charge in [-0.1, -0.05) is 0 Å². The van der Waals surface area contributed by atoms with E-state index in [4.69, 9.17) is 0 Å². The molecule has 0 radical (unpaired) electrons. The number of amides is 2. The van der Waals surface area contributed by atoms with Crippen LogP contribution in [0.1, 0.15) is 53.4 Å². The van der Waals surface area contributed by atoms with Crippen molar-refractivity contribution in [2.24, 2.45) is 0 Å². The van der Waals surface area contributed by atoms with Gasteiger partial charge in [-0.3, -0.25) is 9.59 Å². The molecule has 0 aromatic rings. The van der Waals surface area contributed by atoms with Crippen LogP contribution in [-0.2, 0) is 19.2 Å². The predicted octanol–water partition coefficient (Wildman–Crippen LogP) is 1.17. The molecule has 1 heterocycles. The first-order valence-electron chi connectivity index (χ1n) is 7.80. The van der Waals surface area contributed by atoms with Gasteiger partial charge in [0.25, 0.3) is 0 Å². The normalized spacial score (nSPS) is 21.6. The van der Waals surface area contributed by atoms with Crippen LogP contribution in [0.5, 0.6) is 0 Å². The number of carbonyl (C=O) groups is 4. The van der Waals surface area contributed by atoms with E-state index in [-0.39, 0.29) is 61.1 Å². The summed E-state index contributed by atoms with van der Waals surface area (Å²) in [6.07, 6.45) is 0.977. The molecule has 1 aliphatic rings. The van der Waals surface area contributed by atoms with Crippen LogP contribution in [0.2, 0.25) is 0 Å². The molecule has 0 aliphatic carbocycles. The van der Waals surface area contributed by atoms with Crippen LogP contribution in [0, 0.1) is 0 Å². The molecule has 1 fully saturated rings. The Hall–Kier alpha value is -1.72. The number of piperazine rings is 1. The molecule has 124 valence electrons. The molecule has 0 unspecified atom stereocenters. The van der Waals surface area contributed by atoms with Crippen molar-refractivity contribution in [2.75, 3.05) is 13.1 Å². The topological polar surface area (TPSA) is 74.8 Å². The Balaban J connectivity index is 2.60. The number of carbonyl (C=O) groups excluding carboxylic acids is 4. The fraction of sp³-hybridized carbons (Fsp3) is 0.750. The quantitative estimate of drug-likeness (QED) is 0.738.